The fourth-order valence-electron chi connectivity index (χ4n) is 1.48. The second-order valence-electron chi connectivity index (χ2n) is 3.15. The van der Waals surface area contributed by atoms with E-state index in [0.717, 1.165) is 0 Å². The van der Waals surface area contributed by atoms with E-state index in [9.17, 15) is 4.79 Å². The molecule has 84 valence electrons. The van der Waals surface area contributed by atoms with Gasteiger partial charge in [-0.25, -0.2) is 0 Å². The van der Waals surface area contributed by atoms with E-state index >= 15 is 0 Å². The van der Waals surface area contributed by atoms with E-state index in [4.69, 9.17) is 14.9 Å². The summed E-state index contributed by atoms with van der Waals surface area (Å²) < 4.78 is 5.09. The number of rotatable bonds is 4. The van der Waals surface area contributed by atoms with Gasteiger partial charge in [-0.05, 0) is 12.8 Å². The molecule has 0 radical (unpaired) electrons. The van der Waals surface area contributed by atoms with Crippen LogP contribution in [0, 0.1) is 0 Å². The summed E-state index contributed by atoms with van der Waals surface area (Å²) >= 11 is 0. The van der Waals surface area contributed by atoms with Crippen LogP contribution in [0.25, 0.3) is 0 Å². The Morgan fingerprint density at radius 2 is 2.00 bits per heavy atom. The standard InChI is InChI=1S/C8H15NO4.ClH/c10-4-3-9-8(7(11)12)1-5-13-6-2-8;/h9-10H,1-6H2,(H,11,12);1H. The Morgan fingerprint density at radius 3 is 2.43 bits per heavy atom. The minimum atomic E-state index is -0.888. The van der Waals surface area contributed by atoms with Gasteiger partial charge >= 0.3 is 5.97 Å². The van der Waals surface area contributed by atoms with Crippen molar-refractivity contribution in [3.8, 4) is 0 Å². The van der Waals surface area contributed by atoms with Crippen molar-refractivity contribution in [1.29, 1.82) is 0 Å². The molecule has 1 fully saturated rings. The molecule has 1 aliphatic rings. The molecule has 1 aliphatic heterocycles. The first-order chi connectivity index (χ1) is 6.21. The molecule has 0 aromatic carbocycles. The van der Waals surface area contributed by atoms with Crippen molar-refractivity contribution < 1.29 is 19.7 Å². The summed E-state index contributed by atoms with van der Waals surface area (Å²) in [6.45, 7) is 1.19. The van der Waals surface area contributed by atoms with Gasteiger partial charge in [0, 0.05) is 19.8 Å². The minimum absolute atomic E-state index is 0. The smallest absolute Gasteiger partial charge is 0.324 e. The van der Waals surface area contributed by atoms with Gasteiger partial charge in [0.2, 0.25) is 0 Å². The van der Waals surface area contributed by atoms with E-state index in [1.807, 2.05) is 0 Å². The molecule has 5 nitrogen and oxygen atoms in total. The maximum atomic E-state index is 11.0. The average molecular weight is 226 g/mol. The lowest BCUT2D eigenvalue weighted by Gasteiger charge is -2.33. The second kappa shape index (κ2) is 6.19. The van der Waals surface area contributed by atoms with Crippen molar-refractivity contribution in [1.82, 2.24) is 5.32 Å². The molecule has 6 heteroatoms. The fraction of sp³-hybridized carbons (Fsp3) is 0.875. The molecule has 1 heterocycles. The highest BCUT2D eigenvalue weighted by molar-refractivity contribution is 5.85. The number of aliphatic carboxylic acids is 1. The summed E-state index contributed by atoms with van der Waals surface area (Å²) in [4.78, 5) is 11.0. The van der Waals surface area contributed by atoms with Crippen molar-refractivity contribution in [2.75, 3.05) is 26.4 Å². The van der Waals surface area contributed by atoms with Gasteiger partial charge in [0.25, 0.3) is 0 Å². The maximum Gasteiger partial charge on any atom is 0.324 e. The molecule has 0 aliphatic carbocycles. The number of aliphatic hydroxyl groups excluding tert-OH is 1. The number of β-amino-alcohol motifs (C(OH)–C–C–N with tert-alkyl or cyclic N) is 1. The lowest BCUT2D eigenvalue weighted by molar-refractivity contribution is -0.149. The molecule has 0 saturated carbocycles. The van der Waals surface area contributed by atoms with Gasteiger partial charge in [-0.1, -0.05) is 0 Å². The summed E-state index contributed by atoms with van der Waals surface area (Å²) in [6.07, 6.45) is 0.921. The first-order valence-electron chi connectivity index (χ1n) is 4.38. The first kappa shape index (κ1) is 13.6. The van der Waals surface area contributed by atoms with Crippen LogP contribution >= 0.6 is 12.4 Å². The van der Waals surface area contributed by atoms with Gasteiger partial charge in [-0.3, -0.25) is 10.1 Å². The van der Waals surface area contributed by atoms with Crippen molar-refractivity contribution in [2.45, 2.75) is 18.4 Å². The fourth-order valence-corrected chi connectivity index (χ4v) is 1.48. The maximum absolute atomic E-state index is 11.0. The normalized spacial score (nSPS) is 19.8. The zero-order valence-electron chi connectivity index (χ0n) is 7.86. The van der Waals surface area contributed by atoms with E-state index in [1.165, 1.54) is 0 Å². The van der Waals surface area contributed by atoms with E-state index in [2.05, 4.69) is 5.32 Å². The Labute approximate surface area is 88.9 Å². The number of carbonyl (C=O) groups is 1. The van der Waals surface area contributed by atoms with Crippen LogP contribution in [0.4, 0.5) is 0 Å². The molecule has 1 rings (SSSR count). The average Bonchev–Trinajstić information content (AvgIpc) is 2.16. The van der Waals surface area contributed by atoms with E-state index in [1.54, 1.807) is 0 Å². The van der Waals surface area contributed by atoms with Crippen molar-refractivity contribution in [2.24, 2.45) is 0 Å². The monoisotopic (exact) mass is 225 g/mol. The Balaban J connectivity index is 0.00000169. The number of hydrogen-bond acceptors (Lipinski definition) is 4. The van der Waals surface area contributed by atoms with Gasteiger partial charge < -0.3 is 14.9 Å². The highest BCUT2D eigenvalue weighted by Crippen LogP contribution is 2.20. The predicted octanol–water partition coefficient (Wildman–Crippen LogP) is -0.376. The number of halogens is 1. The molecule has 0 bridgehead atoms. The molecule has 0 aromatic rings. The van der Waals surface area contributed by atoms with Gasteiger partial charge in [0.1, 0.15) is 5.54 Å². The molecule has 0 amide bonds. The number of carboxylic acids is 1. The van der Waals surface area contributed by atoms with E-state index < -0.39 is 11.5 Å². The Hall–Kier alpha value is -0.360. The predicted molar refractivity (Wildman–Crippen MR) is 52.8 cm³/mol. The summed E-state index contributed by atoms with van der Waals surface area (Å²) in [7, 11) is 0. The van der Waals surface area contributed by atoms with E-state index in [0.29, 0.717) is 32.6 Å². The Kier molecular flexibility index (Phi) is 6.03. The summed E-state index contributed by atoms with van der Waals surface area (Å²) in [5.74, 6) is -0.857. The molecule has 0 spiro atoms. The second-order valence-corrected chi connectivity index (χ2v) is 3.15. The third kappa shape index (κ3) is 3.09. The molecular weight excluding hydrogens is 210 g/mol. The first-order valence-corrected chi connectivity index (χ1v) is 4.38. The molecule has 0 unspecified atom stereocenters. The highest BCUT2D eigenvalue weighted by atomic mass is 35.5. The highest BCUT2D eigenvalue weighted by Gasteiger charge is 2.39. The van der Waals surface area contributed by atoms with Gasteiger partial charge in [-0.2, -0.15) is 0 Å². The molecule has 1 saturated heterocycles. The van der Waals surface area contributed by atoms with Crippen LogP contribution in [0.1, 0.15) is 12.8 Å². The largest absolute Gasteiger partial charge is 0.480 e. The van der Waals surface area contributed by atoms with Gasteiger partial charge in [0.15, 0.2) is 0 Å². The van der Waals surface area contributed by atoms with Crippen molar-refractivity contribution in [3.05, 3.63) is 0 Å². The quantitative estimate of drug-likeness (QED) is 0.608. The third-order valence-corrected chi connectivity index (χ3v) is 2.33. The lowest BCUT2D eigenvalue weighted by Crippen LogP contribution is -2.56. The molecular formula is C8H16ClNO4. The summed E-state index contributed by atoms with van der Waals surface area (Å²) in [5, 5.41) is 20.5. The van der Waals surface area contributed by atoms with Gasteiger partial charge in [-0.15, -0.1) is 12.4 Å². The molecule has 0 aromatic heterocycles. The van der Waals surface area contributed by atoms with Crippen molar-refractivity contribution in [3.63, 3.8) is 0 Å². The Bertz CT molecular complexity index is 182. The minimum Gasteiger partial charge on any atom is -0.480 e. The number of hydrogen-bond donors (Lipinski definition) is 3. The van der Waals surface area contributed by atoms with Crippen LogP contribution in [0.5, 0.6) is 0 Å². The van der Waals surface area contributed by atoms with Crippen LogP contribution < -0.4 is 5.32 Å². The zero-order valence-corrected chi connectivity index (χ0v) is 8.68. The molecule has 14 heavy (non-hydrogen) atoms. The SMILES string of the molecule is Cl.O=C(O)C1(NCCO)CCOCC1. The molecule has 3 N–H and O–H groups in total. The summed E-state index contributed by atoms with van der Waals surface area (Å²) in [5.41, 5.74) is -0.888. The Morgan fingerprint density at radius 1 is 1.43 bits per heavy atom. The van der Waals surface area contributed by atoms with Gasteiger partial charge in [0.05, 0.1) is 6.61 Å². The number of ether oxygens (including phenoxy) is 1. The summed E-state index contributed by atoms with van der Waals surface area (Å²) in [6, 6.07) is 0. The third-order valence-electron chi connectivity index (χ3n) is 2.33. The van der Waals surface area contributed by atoms with Crippen molar-refractivity contribution >= 4 is 18.4 Å². The van der Waals surface area contributed by atoms with E-state index in [-0.39, 0.29) is 19.0 Å². The van der Waals surface area contributed by atoms with Crippen LogP contribution in [-0.2, 0) is 9.53 Å². The van der Waals surface area contributed by atoms with Crippen LogP contribution in [0.15, 0.2) is 0 Å². The topological polar surface area (TPSA) is 78.8 Å². The number of carboxylic acid groups (broad SMARTS) is 1. The van der Waals surface area contributed by atoms with Crippen LogP contribution in [-0.4, -0.2) is 48.1 Å². The zero-order chi connectivity index (χ0) is 9.73. The lowest BCUT2D eigenvalue weighted by atomic mass is 9.90. The number of nitrogens with one attached hydrogen (secondary N) is 1. The van der Waals surface area contributed by atoms with Crippen LogP contribution in [0.3, 0.4) is 0 Å². The number of aliphatic hydroxyl groups is 1. The van der Waals surface area contributed by atoms with Crippen LogP contribution in [0.2, 0.25) is 0 Å². The molecule has 0 atom stereocenters.